The Balaban J connectivity index is 2.35. The zero-order valence-electron chi connectivity index (χ0n) is 12.1. The van der Waals surface area contributed by atoms with Crippen LogP contribution in [0.2, 0.25) is 5.02 Å². The average molecular weight is 369 g/mol. The van der Waals surface area contributed by atoms with Crippen molar-refractivity contribution in [3.63, 3.8) is 0 Å². The van der Waals surface area contributed by atoms with Crippen LogP contribution in [0.5, 0.6) is 5.75 Å². The zero-order valence-corrected chi connectivity index (χ0v) is 14.5. The summed E-state index contributed by atoms with van der Waals surface area (Å²) in [6.07, 6.45) is 0.613. The van der Waals surface area contributed by atoms with Crippen LogP contribution in [0.3, 0.4) is 0 Å². The Bertz CT molecular complexity index is 617. The van der Waals surface area contributed by atoms with Crippen molar-refractivity contribution in [1.82, 2.24) is 0 Å². The van der Waals surface area contributed by atoms with Gasteiger partial charge < -0.3 is 10.5 Å². The van der Waals surface area contributed by atoms with Gasteiger partial charge in [-0.25, -0.2) is 0 Å². The molecule has 0 aliphatic carbocycles. The van der Waals surface area contributed by atoms with Gasteiger partial charge in [0.05, 0.1) is 5.02 Å². The van der Waals surface area contributed by atoms with Crippen LogP contribution in [0.4, 0.5) is 0 Å². The summed E-state index contributed by atoms with van der Waals surface area (Å²) < 4.78 is 7.07. The van der Waals surface area contributed by atoms with Gasteiger partial charge in [-0.2, -0.15) is 0 Å². The van der Waals surface area contributed by atoms with Gasteiger partial charge in [0.15, 0.2) is 0 Å². The minimum atomic E-state index is -0.213. The lowest BCUT2D eigenvalue weighted by Gasteiger charge is -2.26. The molecule has 0 aromatic heterocycles. The molecule has 0 aliphatic rings. The van der Waals surface area contributed by atoms with E-state index in [1.807, 2.05) is 30.3 Å². The van der Waals surface area contributed by atoms with Gasteiger partial charge >= 0.3 is 0 Å². The minimum absolute atomic E-state index is 0.0918. The van der Waals surface area contributed by atoms with Gasteiger partial charge in [-0.1, -0.05) is 58.7 Å². The Kier molecular flexibility index (Phi) is 5.68. The molecule has 2 rings (SSSR count). The van der Waals surface area contributed by atoms with Crippen LogP contribution in [-0.4, -0.2) is 6.04 Å². The molecule has 2 unspecified atom stereocenters. The molecule has 0 spiro atoms. The number of aryl methyl sites for hydroxylation is 1. The molecule has 4 heteroatoms. The number of nitrogens with two attached hydrogens (primary N) is 1. The fourth-order valence-corrected chi connectivity index (χ4v) is 2.93. The van der Waals surface area contributed by atoms with Crippen LogP contribution in [0.1, 0.15) is 30.6 Å². The van der Waals surface area contributed by atoms with E-state index in [1.54, 1.807) is 0 Å². The third-order valence-electron chi connectivity index (χ3n) is 3.50. The van der Waals surface area contributed by atoms with Crippen molar-refractivity contribution >= 4 is 27.5 Å². The second-order valence-corrected chi connectivity index (χ2v) is 6.36. The Morgan fingerprint density at radius 3 is 2.57 bits per heavy atom. The number of halogens is 2. The molecule has 0 saturated heterocycles. The van der Waals surface area contributed by atoms with Crippen LogP contribution < -0.4 is 10.5 Å². The predicted octanol–water partition coefficient (Wildman–Crippen LogP) is 5.27. The van der Waals surface area contributed by atoms with Gasteiger partial charge in [-0.05, 0) is 42.7 Å². The maximum Gasteiger partial charge on any atom is 0.139 e. The Morgan fingerprint density at radius 1 is 1.24 bits per heavy atom. The van der Waals surface area contributed by atoms with Crippen LogP contribution >= 0.6 is 27.5 Å². The predicted molar refractivity (Wildman–Crippen MR) is 92.0 cm³/mol. The standard InChI is InChI=1S/C17H19BrClNO/c1-3-15(20)17(13-7-5-4-6-11(13)2)21-16-9-8-12(18)10-14(16)19/h4-10,15,17H,3,20H2,1-2H3. The van der Waals surface area contributed by atoms with Crippen molar-refractivity contribution in [3.05, 3.63) is 63.1 Å². The van der Waals surface area contributed by atoms with E-state index < -0.39 is 0 Å². The molecule has 21 heavy (non-hydrogen) atoms. The SMILES string of the molecule is CCC(N)C(Oc1ccc(Br)cc1Cl)c1ccccc1C. The molecule has 112 valence electrons. The molecule has 2 nitrogen and oxygen atoms in total. The van der Waals surface area contributed by atoms with E-state index in [9.17, 15) is 0 Å². The first-order valence-electron chi connectivity index (χ1n) is 6.95. The third-order valence-corrected chi connectivity index (χ3v) is 4.29. The summed E-state index contributed by atoms with van der Waals surface area (Å²) in [7, 11) is 0. The lowest BCUT2D eigenvalue weighted by molar-refractivity contribution is 0.170. The van der Waals surface area contributed by atoms with E-state index in [1.165, 1.54) is 5.56 Å². The lowest BCUT2D eigenvalue weighted by atomic mass is 9.97. The summed E-state index contributed by atoms with van der Waals surface area (Å²) in [6.45, 7) is 4.12. The molecule has 0 radical (unpaired) electrons. The molecule has 0 aliphatic heterocycles. The largest absolute Gasteiger partial charge is 0.483 e. The van der Waals surface area contributed by atoms with Gasteiger partial charge in [0, 0.05) is 10.5 Å². The fraction of sp³-hybridized carbons (Fsp3) is 0.294. The van der Waals surface area contributed by atoms with Crippen LogP contribution in [0, 0.1) is 6.92 Å². The van der Waals surface area contributed by atoms with Gasteiger partial charge in [-0.3, -0.25) is 0 Å². The minimum Gasteiger partial charge on any atom is -0.483 e. The second kappa shape index (κ2) is 7.30. The molecular weight excluding hydrogens is 350 g/mol. The number of benzene rings is 2. The highest BCUT2D eigenvalue weighted by Gasteiger charge is 2.23. The summed E-state index contributed by atoms with van der Waals surface area (Å²) >= 11 is 9.65. The van der Waals surface area contributed by atoms with E-state index in [-0.39, 0.29) is 12.1 Å². The van der Waals surface area contributed by atoms with Crippen molar-refractivity contribution < 1.29 is 4.74 Å². The molecule has 0 fully saturated rings. The molecule has 0 saturated carbocycles. The van der Waals surface area contributed by atoms with Crippen molar-refractivity contribution in [3.8, 4) is 5.75 Å². The van der Waals surface area contributed by atoms with Crippen molar-refractivity contribution in [2.75, 3.05) is 0 Å². The maximum absolute atomic E-state index is 6.27. The monoisotopic (exact) mass is 367 g/mol. The number of hydrogen-bond acceptors (Lipinski definition) is 2. The molecule has 2 atom stereocenters. The molecule has 0 bridgehead atoms. The molecular formula is C17H19BrClNO. The third kappa shape index (κ3) is 4.00. The van der Waals surface area contributed by atoms with E-state index in [0.717, 1.165) is 16.5 Å². The summed E-state index contributed by atoms with van der Waals surface area (Å²) in [5.41, 5.74) is 8.54. The highest BCUT2D eigenvalue weighted by atomic mass is 79.9. The molecule has 2 N–H and O–H groups in total. The lowest BCUT2D eigenvalue weighted by Crippen LogP contribution is -2.32. The maximum atomic E-state index is 6.27. The molecule has 0 amide bonds. The van der Waals surface area contributed by atoms with Crippen molar-refractivity contribution in [1.29, 1.82) is 0 Å². The van der Waals surface area contributed by atoms with E-state index >= 15 is 0 Å². The summed E-state index contributed by atoms with van der Waals surface area (Å²) in [5, 5.41) is 0.575. The highest BCUT2D eigenvalue weighted by Crippen LogP contribution is 2.33. The van der Waals surface area contributed by atoms with Crippen LogP contribution in [0.15, 0.2) is 46.9 Å². The quantitative estimate of drug-likeness (QED) is 0.780. The average Bonchev–Trinajstić information content (AvgIpc) is 2.47. The molecule has 2 aromatic rings. The fourth-order valence-electron chi connectivity index (χ4n) is 2.21. The summed E-state index contributed by atoms with van der Waals surface area (Å²) in [5.74, 6) is 0.650. The van der Waals surface area contributed by atoms with E-state index in [2.05, 4.69) is 41.9 Å². The van der Waals surface area contributed by atoms with Gasteiger partial charge in [0.25, 0.3) is 0 Å². The zero-order chi connectivity index (χ0) is 15.4. The van der Waals surface area contributed by atoms with Gasteiger partial charge in [-0.15, -0.1) is 0 Å². The molecule has 2 aromatic carbocycles. The first kappa shape index (κ1) is 16.3. The highest BCUT2D eigenvalue weighted by molar-refractivity contribution is 9.10. The topological polar surface area (TPSA) is 35.2 Å². The molecule has 0 heterocycles. The Hall–Kier alpha value is -1.03. The van der Waals surface area contributed by atoms with E-state index in [4.69, 9.17) is 22.1 Å². The van der Waals surface area contributed by atoms with Crippen molar-refractivity contribution in [2.24, 2.45) is 5.73 Å². The van der Waals surface area contributed by atoms with Gasteiger partial charge in [0.1, 0.15) is 11.9 Å². The Labute approximate surface area is 139 Å². The normalized spacial score (nSPS) is 13.8. The van der Waals surface area contributed by atoms with Crippen LogP contribution in [-0.2, 0) is 0 Å². The first-order valence-corrected chi connectivity index (χ1v) is 8.12. The number of rotatable bonds is 5. The van der Waals surface area contributed by atoms with Crippen LogP contribution in [0.25, 0.3) is 0 Å². The summed E-state index contributed by atoms with van der Waals surface area (Å²) in [4.78, 5) is 0. The second-order valence-electron chi connectivity index (χ2n) is 5.04. The number of ether oxygens (including phenoxy) is 1. The van der Waals surface area contributed by atoms with E-state index in [0.29, 0.717) is 10.8 Å². The Morgan fingerprint density at radius 2 is 1.95 bits per heavy atom. The smallest absolute Gasteiger partial charge is 0.139 e. The first-order chi connectivity index (χ1) is 10.0. The van der Waals surface area contributed by atoms with Gasteiger partial charge in [0.2, 0.25) is 0 Å². The van der Waals surface area contributed by atoms with Crippen molar-refractivity contribution in [2.45, 2.75) is 32.4 Å². The number of hydrogen-bond donors (Lipinski definition) is 1. The summed E-state index contributed by atoms with van der Waals surface area (Å²) in [6, 6.07) is 13.6.